The molecule has 108 valence electrons. The third kappa shape index (κ3) is 2.78. The minimum absolute atomic E-state index is 0.356. The Hall–Kier alpha value is -1.17. The topological polar surface area (TPSA) is 30.7 Å². The molecule has 0 aliphatic rings. The third-order valence-corrected chi connectivity index (χ3v) is 3.89. The summed E-state index contributed by atoms with van der Waals surface area (Å²) in [4.78, 5) is 8.73. The monoisotopic (exact) mass is 387 g/mol. The first-order valence-electron chi connectivity index (χ1n) is 6.14. The molecule has 1 aromatic carbocycles. The lowest BCUT2D eigenvalue weighted by atomic mass is 10.3. The van der Waals surface area contributed by atoms with Crippen molar-refractivity contribution in [1.82, 2.24) is 14.5 Å². The highest BCUT2D eigenvalue weighted by Crippen LogP contribution is 2.26. The van der Waals surface area contributed by atoms with E-state index >= 15 is 0 Å². The zero-order valence-corrected chi connectivity index (χ0v) is 13.8. The van der Waals surface area contributed by atoms with E-state index in [0.29, 0.717) is 40.0 Å². The normalized spacial score (nSPS) is 11.2. The van der Waals surface area contributed by atoms with E-state index in [1.54, 1.807) is 22.8 Å². The van der Waals surface area contributed by atoms with Crippen molar-refractivity contribution in [2.24, 2.45) is 0 Å². The molecular weight excluding hydrogens is 380 g/mol. The molecule has 2 heterocycles. The maximum atomic E-state index is 14.2. The van der Waals surface area contributed by atoms with Gasteiger partial charge in [0.1, 0.15) is 17.2 Å². The van der Waals surface area contributed by atoms with Gasteiger partial charge in [0.05, 0.1) is 10.7 Å². The number of alkyl halides is 1. The van der Waals surface area contributed by atoms with Crippen LogP contribution < -0.4 is 0 Å². The Kier molecular flexibility index (Phi) is 4.15. The molecule has 3 aromatic rings. The second-order valence-electron chi connectivity index (χ2n) is 4.39. The van der Waals surface area contributed by atoms with Gasteiger partial charge in [0.25, 0.3) is 0 Å². The summed E-state index contributed by atoms with van der Waals surface area (Å²) in [7, 11) is 0. The van der Waals surface area contributed by atoms with Crippen molar-refractivity contribution in [1.29, 1.82) is 0 Å². The Bertz CT molecular complexity index is 819. The van der Waals surface area contributed by atoms with Gasteiger partial charge >= 0.3 is 0 Å². The van der Waals surface area contributed by atoms with Gasteiger partial charge in [0.15, 0.2) is 5.65 Å². The Morgan fingerprint density at radius 3 is 2.86 bits per heavy atom. The van der Waals surface area contributed by atoms with Gasteiger partial charge < -0.3 is 0 Å². The number of fused-ring (bicyclic) bond motifs is 1. The summed E-state index contributed by atoms with van der Waals surface area (Å²) in [6, 6.07) is 6.42. The molecule has 0 bridgehead atoms. The number of nitrogens with zero attached hydrogens (tertiary/aromatic N) is 3. The number of aryl methyl sites for hydroxylation is 1. The minimum Gasteiger partial charge on any atom is -0.278 e. The number of halogens is 4. The molecule has 0 spiro atoms. The first-order chi connectivity index (χ1) is 10.1. The smallest absolute Gasteiger partial charge is 0.164 e. The van der Waals surface area contributed by atoms with Crippen LogP contribution in [0.4, 0.5) is 4.39 Å². The lowest BCUT2D eigenvalue weighted by molar-refractivity contribution is 0.616. The number of rotatable bonds is 3. The van der Waals surface area contributed by atoms with Crippen molar-refractivity contribution in [3.63, 3.8) is 0 Å². The Labute approximate surface area is 138 Å². The van der Waals surface area contributed by atoms with Crippen molar-refractivity contribution < 1.29 is 4.39 Å². The molecular formula is C14H9BrCl2FN3. The fraction of sp³-hybridized carbons (Fsp3) is 0.143. The van der Waals surface area contributed by atoms with E-state index in [-0.39, 0.29) is 5.82 Å². The summed E-state index contributed by atoms with van der Waals surface area (Å²) in [6.07, 6.45) is 2.02. The number of pyridine rings is 1. The Morgan fingerprint density at radius 1 is 1.29 bits per heavy atom. The fourth-order valence-corrected chi connectivity index (χ4v) is 2.82. The molecule has 0 atom stereocenters. The minimum atomic E-state index is -0.356. The van der Waals surface area contributed by atoms with Gasteiger partial charge in [-0.3, -0.25) is 4.57 Å². The molecule has 0 amide bonds. The van der Waals surface area contributed by atoms with Crippen molar-refractivity contribution in [2.45, 2.75) is 6.42 Å². The molecule has 0 N–H and O–H groups in total. The molecule has 0 unspecified atom stereocenters. The van der Waals surface area contributed by atoms with Gasteiger partial charge in [-0.2, -0.15) is 0 Å². The van der Waals surface area contributed by atoms with Crippen molar-refractivity contribution in [3.05, 3.63) is 51.6 Å². The molecule has 0 saturated heterocycles. The zero-order chi connectivity index (χ0) is 15.0. The number of hydrogen-bond donors (Lipinski definition) is 0. The number of benzene rings is 1. The van der Waals surface area contributed by atoms with Crippen LogP contribution in [0.25, 0.3) is 16.9 Å². The predicted molar refractivity (Wildman–Crippen MR) is 86.0 cm³/mol. The van der Waals surface area contributed by atoms with Crippen LogP contribution in [0.2, 0.25) is 5.02 Å². The van der Waals surface area contributed by atoms with Gasteiger partial charge in [-0.25, -0.2) is 14.4 Å². The zero-order valence-electron chi connectivity index (χ0n) is 10.7. The fourth-order valence-electron chi connectivity index (χ4n) is 2.15. The van der Waals surface area contributed by atoms with E-state index in [9.17, 15) is 4.39 Å². The molecule has 0 aliphatic heterocycles. The average Bonchev–Trinajstić information content (AvgIpc) is 2.79. The van der Waals surface area contributed by atoms with Crippen LogP contribution in [0.5, 0.6) is 0 Å². The van der Waals surface area contributed by atoms with Crippen LogP contribution in [-0.2, 0) is 6.42 Å². The highest BCUT2D eigenvalue weighted by Gasteiger charge is 2.16. The highest BCUT2D eigenvalue weighted by molar-refractivity contribution is 9.10. The van der Waals surface area contributed by atoms with Gasteiger partial charge in [-0.1, -0.05) is 27.5 Å². The van der Waals surface area contributed by atoms with Crippen LogP contribution in [0.1, 0.15) is 5.82 Å². The molecule has 0 saturated carbocycles. The molecule has 21 heavy (non-hydrogen) atoms. The molecule has 0 radical (unpaired) electrons. The lowest BCUT2D eigenvalue weighted by Crippen LogP contribution is -2.05. The Morgan fingerprint density at radius 2 is 2.10 bits per heavy atom. The first-order valence-corrected chi connectivity index (χ1v) is 7.85. The number of aromatic nitrogens is 3. The van der Waals surface area contributed by atoms with Gasteiger partial charge in [-0.05, 0) is 24.3 Å². The largest absolute Gasteiger partial charge is 0.278 e. The van der Waals surface area contributed by atoms with Gasteiger partial charge in [0.2, 0.25) is 0 Å². The summed E-state index contributed by atoms with van der Waals surface area (Å²) >= 11 is 15.1. The molecule has 0 aliphatic carbocycles. The van der Waals surface area contributed by atoms with Crippen LogP contribution in [-0.4, -0.2) is 20.4 Å². The summed E-state index contributed by atoms with van der Waals surface area (Å²) < 4.78 is 16.6. The van der Waals surface area contributed by atoms with Crippen molar-refractivity contribution >= 4 is 50.3 Å². The predicted octanol–water partition coefficient (Wildman–Crippen LogP) is 4.76. The average molecular weight is 389 g/mol. The third-order valence-electron chi connectivity index (χ3n) is 3.00. The number of hydrogen-bond acceptors (Lipinski definition) is 2. The summed E-state index contributed by atoms with van der Waals surface area (Å²) in [5.41, 5.74) is 1.54. The van der Waals surface area contributed by atoms with E-state index in [2.05, 4.69) is 25.9 Å². The van der Waals surface area contributed by atoms with Crippen molar-refractivity contribution in [3.8, 4) is 5.69 Å². The highest BCUT2D eigenvalue weighted by atomic mass is 79.9. The first kappa shape index (κ1) is 14.8. The van der Waals surface area contributed by atoms with E-state index in [4.69, 9.17) is 23.2 Å². The maximum absolute atomic E-state index is 14.2. The molecule has 3 nitrogen and oxygen atoms in total. The molecule has 3 rings (SSSR count). The second kappa shape index (κ2) is 5.91. The summed E-state index contributed by atoms with van der Waals surface area (Å²) in [5, 5.41) is 0.485. The van der Waals surface area contributed by atoms with Crippen molar-refractivity contribution in [2.75, 3.05) is 5.88 Å². The van der Waals surface area contributed by atoms with Gasteiger partial charge in [0, 0.05) is 23.0 Å². The van der Waals surface area contributed by atoms with Crippen LogP contribution in [0.15, 0.2) is 34.9 Å². The van der Waals surface area contributed by atoms with E-state index in [0.717, 1.165) is 4.47 Å². The molecule has 0 fully saturated rings. The molecule has 7 heteroatoms. The quantitative estimate of drug-likeness (QED) is 0.605. The van der Waals surface area contributed by atoms with Crippen LogP contribution in [0, 0.1) is 5.82 Å². The molecule has 2 aromatic heterocycles. The van der Waals surface area contributed by atoms with Crippen LogP contribution >= 0.6 is 39.1 Å². The summed E-state index contributed by atoms with van der Waals surface area (Å²) in [5.74, 6) is 0.670. The lowest BCUT2D eigenvalue weighted by Gasteiger charge is -2.09. The van der Waals surface area contributed by atoms with E-state index in [1.165, 1.54) is 12.3 Å². The SMILES string of the molecule is Fc1ccc(Br)cc1-n1c(CCCl)nc2cc(Cl)cnc21. The van der Waals surface area contributed by atoms with Gasteiger partial charge in [-0.15, -0.1) is 11.6 Å². The second-order valence-corrected chi connectivity index (χ2v) is 6.12. The number of imidazole rings is 1. The summed E-state index contributed by atoms with van der Waals surface area (Å²) in [6.45, 7) is 0. The van der Waals surface area contributed by atoms with Crippen LogP contribution in [0.3, 0.4) is 0 Å². The Balaban J connectivity index is 2.33. The standard InChI is InChI=1S/C14H9BrCl2FN3/c15-8-1-2-10(18)12(5-8)21-13(3-4-16)20-11-6-9(17)7-19-14(11)21/h1-2,5-7H,3-4H2. The maximum Gasteiger partial charge on any atom is 0.164 e. The van der Waals surface area contributed by atoms with E-state index < -0.39 is 0 Å². The van der Waals surface area contributed by atoms with E-state index in [1.807, 2.05) is 0 Å².